The van der Waals surface area contributed by atoms with Crippen LogP contribution in [-0.4, -0.2) is 22.6 Å². The molecule has 0 aliphatic heterocycles. The lowest BCUT2D eigenvalue weighted by Gasteiger charge is -2.05. The van der Waals surface area contributed by atoms with E-state index in [0.717, 1.165) is 5.56 Å². The Hall–Kier alpha value is -3.72. The van der Waals surface area contributed by atoms with Crippen LogP contribution in [0.1, 0.15) is 11.1 Å². The van der Waals surface area contributed by atoms with Crippen LogP contribution in [0.5, 0.6) is 0 Å². The number of benzene rings is 2. The number of nitrogens with one attached hydrogen (secondary N) is 2. The molecule has 1 heterocycles. The van der Waals surface area contributed by atoms with Crippen LogP contribution in [0.2, 0.25) is 0 Å². The lowest BCUT2D eigenvalue weighted by molar-refractivity contribution is -0.117. The Morgan fingerprint density at radius 2 is 1.93 bits per heavy atom. The van der Waals surface area contributed by atoms with Crippen molar-refractivity contribution in [2.75, 3.05) is 6.54 Å². The molecule has 134 valence electrons. The third kappa shape index (κ3) is 4.47. The van der Waals surface area contributed by atoms with E-state index in [-0.39, 0.29) is 5.57 Å². The van der Waals surface area contributed by atoms with Crippen LogP contribution < -0.4 is 5.32 Å². The molecule has 0 saturated heterocycles. The number of hydrogen-bond acceptors (Lipinski definition) is 3. The van der Waals surface area contributed by atoms with Crippen molar-refractivity contribution < 1.29 is 9.18 Å². The van der Waals surface area contributed by atoms with E-state index in [1.54, 1.807) is 18.2 Å². The molecule has 0 bridgehead atoms. The summed E-state index contributed by atoms with van der Waals surface area (Å²) in [4.78, 5) is 12.3. The van der Waals surface area contributed by atoms with E-state index in [0.29, 0.717) is 29.8 Å². The quantitative estimate of drug-likeness (QED) is 0.522. The lowest BCUT2D eigenvalue weighted by atomic mass is 10.1. The summed E-state index contributed by atoms with van der Waals surface area (Å²) in [5.74, 6) is -0.892. The van der Waals surface area contributed by atoms with Gasteiger partial charge in [0.15, 0.2) is 0 Å². The zero-order valence-corrected chi connectivity index (χ0v) is 14.4. The Balaban J connectivity index is 1.73. The van der Waals surface area contributed by atoms with E-state index in [4.69, 9.17) is 0 Å². The second-order valence-corrected chi connectivity index (χ2v) is 5.84. The molecule has 0 spiro atoms. The van der Waals surface area contributed by atoms with Crippen LogP contribution in [0, 0.1) is 17.1 Å². The van der Waals surface area contributed by atoms with Gasteiger partial charge < -0.3 is 5.32 Å². The van der Waals surface area contributed by atoms with Crippen LogP contribution >= 0.6 is 0 Å². The molecule has 1 amide bonds. The first-order valence-electron chi connectivity index (χ1n) is 8.41. The summed E-state index contributed by atoms with van der Waals surface area (Å²) in [7, 11) is 0. The van der Waals surface area contributed by atoms with Crippen molar-refractivity contribution in [1.82, 2.24) is 15.5 Å². The molecule has 1 aromatic heterocycles. The minimum atomic E-state index is -0.478. The number of hydrogen-bond donors (Lipinski definition) is 2. The number of aromatic amines is 1. The molecule has 27 heavy (non-hydrogen) atoms. The predicted octanol–water partition coefficient (Wildman–Crippen LogP) is 3.48. The number of aromatic nitrogens is 2. The molecule has 2 N–H and O–H groups in total. The monoisotopic (exact) mass is 360 g/mol. The molecule has 0 unspecified atom stereocenters. The van der Waals surface area contributed by atoms with Crippen molar-refractivity contribution in [2.45, 2.75) is 6.42 Å². The number of halogens is 1. The molecule has 3 aromatic rings. The molecule has 6 heteroatoms. The van der Waals surface area contributed by atoms with E-state index < -0.39 is 11.7 Å². The fourth-order valence-electron chi connectivity index (χ4n) is 2.65. The van der Waals surface area contributed by atoms with Crippen molar-refractivity contribution in [1.29, 1.82) is 5.26 Å². The molecule has 0 aliphatic carbocycles. The topological polar surface area (TPSA) is 81.6 Å². The summed E-state index contributed by atoms with van der Waals surface area (Å²) in [6, 6.07) is 17.9. The van der Waals surface area contributed by atoms with Gasteiger partial charge in [-0.2, -0.15) is 10.4 Å². The molecular weight excluding hydrogens is 343 g/mol. The first-order valence-corrected chi connectivity index (χ1v) is 8.41. The van der Waals surface area contributed by atoms with Gasteiger partial charge >= 0.3 is 0 Å². The predicted molar refractivity (Wildman–Crippen MR) is 101 cm³/mol. The molecule has 5 nitrogen and oxygen atoms in total. The van der Waals surface area contributed by atoms with Crippen LogP contribution in [0.4, 0.5) is 4.39 Å². The number of H-pyrrole nitrogens is 1. The Morgan fingerprint density at radius 3 is 2.67 bits per heavy atom. The average Bonchev–Trinajstić information content (AvgIpc) is 3.15. The van der Waals surface area contributed by atoms with Crippen molar-refractivity contribution in [2.24, 2.45) is 0 Å². The summed E-state index contributed by atoms with van der Waals surface area (Å²) in [6.45, 7) is 0.410. The minimum absolute atomic E-state index is 0.0675. The summed E-state index contributed by atoms with van der Waals surface area (Å²) < 4.78 is 14.0. The van der Waals surface area contributed by atoms with E-state index in [1.165, 1.54) is 18.3 Å². The molecule has 0 fully saturated rings. The summed E-state index contributed by atoms with van der Waals surface area (Å²) in [5, 5.41) is 18.7. The highest BCUT2D eigenvalue weighted by molar-refractivity contribution is 6.02. The highest BCUT2D eigenvalue weighted by Gasteiger charge is 2.14. The number of rotatable bonds is 6. The fourth-order valence-corrected chi connectivity index (χ4v) is 2.65. The Bertz CT molecular complexity index is 1000. The highest BCUT2D eigenvalue weighted by atomic mass is 19.1. The van der Waals surface area contributed by atoms with Crippen molar-refractivity contribution in [3.63, 3.8) is 0 Å². The summed E-state index contributed by atoms with van der Waals surface area (Å²) >= 11 is 0. The van der Waals surface area contributed by atoms with E-state index in [1.807, 2.05) is 36.4 Å². The normalized spacial score (nSPS) is 11.0. The fraction of sp³-hybridized carbons (Fsp3) is 0.0952. The van der Waals surface area contributed by atoms with Crippen LogP contribution in [0.3, 0.4) is 0 Å². The van der Waals surface area contributed by atoms with Gasteiger partial charge in [0.1, 0.15) is 17.5 Å². The number of carbonyl (C=O) groups is 1. The third-order valence-electron chi connectivity index (χ3n) is 4.02. The van der Waals surface area contributed by atoms with Gasteiger partial charge in [-0.15, -0.1) is 0 Å². The van der Waals surface area contributed by atoms with Gasteiger partial charge in [-0.25, -0.2) is 4.39 Å². The maximum absolute atomic E-state index is 14.0. The molecule has 0 aliphatic rings. The van der Waals surface area contributed by atoms with E-state index >= 15 is 0 Å². The van der Waals surface area contributed by atoms with Crippen LogP contribution in [0.25, 0.3) is 17.3 Å². The molecule has 0 saturated carbocycles. The smallest absolute Gasteiger partial charge is 0.261 e. The molecule has 0 atom stereocenters. The first kappa shape index (κ1) is 18.1. The Kier molecular flexibility index (Phi) is 5.75. The zero-order valence-electron chi connectivity index (χ0n) is 14.4. The minimum Gasteiger partial charge on any atom is -0.351 e. The lowest BCUT2D eigenvalue weighted by Crippen LogP contribution is -2.26. The van der Waals surface area contributed by atoms with Crippen LogP contribution in [-0.2, 0) is 11.2 Å². The van der Waals surface area contributed by atoms with E-state index in [2.05, 4.69) is 15.5 Å². The number of carbonyl (C=O) groups excluding carboxylic acids is 1. The Morgan fingerprint density at radius 1 is 1.19 bits per heavy atom. The third-order valence-corrected chi connectivity index (χ3v) is 4.02. The van der Waals surface area contributed by atoms with Gasteiger partial charge in [0, 0.05) is 17.7 Å². The number of amides is 1. The van der Waals surface area contributed by atoms with Gasteiger partial charge in [-0.3, -0.25) is 9.89 Å². The Labute approximate surface area is 156 Å². The molecular formula is C21H17FN4O. The number of nitriles is 1. The summed E-state index contributed by atoms with van der Waals surface area (Å²) in [6.07, 6.45) is 3.52. The molecule has 2 aromatic carbocycles. The maximum atomic E-state index is 14.0. The number of nitrogens with zero attached hydrogens (tertiary/aromatic N) is 2. The molecule has 0 radical (unpaired) electrons. The second kappa shape index (κ2) is 8.59. The van der Waals surface area contributed by atoms with Crippen molar-refractivity contribution >= 4 is 12.0 Å². The molecule has 3 rings (SSSR count). The van der Waals surface area contributed by atoms with Gasteiger partial charge in [0.05, 0.1) is 11.9 Å². The standard InChI is InChI=1S/C21H17FN4O/c22-19-9-5-4-8-18(19)20-17(14-25-26-20)12-16(13-23)21(27)24-11-10-15-6-2-1-3-7-15/h1-9,12,14H,10-11H2,(H,24,27)(H,25,26). The van der Waals surface area contributed by atoms with Gasteiger partial charge in [0.2, 0.25) is 0 Å². The van der Waals surface area contributed by atoms with Crippen LogP contribution in [0.15, 0.2) is 66.4 Å². The second-order valence-electron chi connectivity index (χ2n) is 5.84. The van der Waals surface area contributed by atoms with Gasteiger partial charge in [0.25, 0.3) is 5.91 Å². The van der Waals surface area contributed by atoms with Gasteiger partial charge in [-0.05, 0) is 30.2 Å². The summed E-state index contributed by atoms with van der Waals surface area (Å²) in [5.41, 5.74) is 2.23. The van der Waals surface area contributed by atoms with Crippen molar-refractivity contribution in [3.8, 4) is 17.3 Å². The SMILES string of the molecule is N#CC(=Cc1cn[nH]c1-c1ccccc1F)C(=O)NCCc1ccccc1. The van der Waals surface area contributed by atoms with Crippen molar-refractivity contribution in [3.05, 3.63) is 83.3 Å². The average molecular weight is 360 g/mol. The van der Waals surface area contributed by atoms with E-state index in [9.17, 15) is 14.4 Å². The zero-order chi connectivity index (χ0) is 19.1. The first-order chi connectivity index (χ1) is 13.2. The van der Waals surface area contributed by atoms with Gasteiger partial charge in [-0.1, -0.05) is 42.5 Å². The maximum Gasteiger partial charge on any atom is 0.261 e. The largest absolute Gasteiger partial charge is 0.351 e. The highest BCUT2D eigenvalue weighted by Crippen LogP contribution is 2.25.